The van der Waals surface area contributed by atoms with Gasteiger partial charge in [-0.2, -0.15) is 4.72 Å². The molecule has 17 heteroatoms. The third-order valence-corrected chi connectivity index (χ3v) is 16.1. The number of aldehydes is 2. The number of nitrogens with one attached hydrogen (secondary N) is 1. The summed E-state index contributed by atoms with van der Waals surface area (Å²) in [6.07, 6.45) is 14.6. The highest BCUT2D eigenvalue weighted by molar-refractivity contribution is 7.90. The Morgan fingerprint density at radius 3 is 1.61 bits per heavy atom. The van der Waals surface area contributed by atoms with E-state index in [1.54, 1.807) is 24.5 Å². The van der Waals surface area contributed by atoms with Crippen LogP contribution in [0.4, 0.5) is 11.4 Å². The number of fused-ring (bicyclic) bond motifs is 2. The Bertz CT molecular complexity index is 3080. The number of halogens is 1. The number of hydrogen-bond donors (Lipinski definition) is 2. The maximum absolute atomic E-state index is 14.3. The Morgan fingerprint density at radius 2 is 1.11 bits per heavy atom. The molecule has 4 aromatic rings. The number of carbonyl (C=O) groups excluding carboxylic acids is 4. The lowest BCUT2D eigenvalue weighted by molar-refractivity contribution is -0.128. The predicted molar refractivity (Wildman–Crippen MR) is 330 cm³/mol. The quantitative estimate of drug-likeness (QED) is 0.0477. The van der Waals surface area contributed by atoms with Gasteiger partial charge < -0.3 is 34.4 Å². The number of benzene rings is 4. The zero-order valence-electron chi connectivity index (χ0n) is 47.5. The fourth-order valence-electron chi connectivity index (χ4n) is 9.55. The smallest absolute Gasteiger partial charge is 0.250 e. The lowest BCUT2D eigenvalue weighted by Crippen LogP contribution is -2.38. The number of aliphatic imine (C=N–C) groups is 2. The summed E-state index contributed by atoms with van der Waals surface area (Å²) in [5.41, 5.74) is 18.5. The molecule has 2 unspecified atom stereocenters. The van der Waals surface area contributed by atoms with Crippen LogP contribution in [0.1, 0.15) is 129 Å². The summed E-state index contributed by atoms with van der Waals surface area (Å²) in [7, 11) is 3.83. The predicted octanol–water partition coefficient (Wildman–Crippen LogP) is 11.4. The second-order valence-electron chi connectivity index (χ2n) is 20.3. The van der Waals surface area contributed by atoms with Crippen molar-refractivity contribution >= 4 is 106 Å². The highest BCUT2D eigenvalue weighted by atomic mass is 35.5. The first-order valence-electron chi connectivity index (χ1n) is 27.1. The molecule has 14 nitrogen and oxygen atoms in total. The Morgan fingerprint density at radius 1 is 0.646 bits per heavy atom. The van der Waals surface area contributed by atoms with Crippen molar-refractivity contribution in [3.63, 3.8) is 0 Å². The Kier molecular flexibility index (Phi) is 22.8. The zero-order chi connectivity index (χ0) is 57.5. The summed E-state index contributed by atoms with van der Waals surface area (Å²) >= 11 is 4.52. The summed E-state index contributed by atoms with van der Waals surface area (Å²) < 4.78 is 29.0. The van der Waals surface area contributed by atoms with E-state index in [1.165, 1.54) is 0 Å². The number of allylic oxidation sites excluding steroid dienone is 2. The first-order chi connectivity index (χ1) is 37.8. The first-order valence-corrected chi connectivity index (χ1v) is 30.5. The molecule has 0 aromatic heterocycles. The lowest BCUT2D eigenvalue weighted by Gasteiger charge is -2.23. The SMILES string of the molecule is CCCN(CCC)C(=O)C1=Cc2c(C)cc(-c3ccc(C=O)c(/C=C(/C)N(C)CC[S+]([O-])NC4=Nc5cc(-c6ccc(C=O)c(/C=C(/C)N(C)CC[S+](C)[O-])c6)cc(Cl)c5C=C(C(=O)N(CCC)CCC)C4)c3)cc2N=C(N)C1. The van der Waals surface area contributed by atoms with Crippen molar-refractivity contribution in [2.75, 3.05) is 71.1 Å². The van der Waals surface area contributed by atoms with Crippen molar-refractivity contribution < 1.29 is 28.3 Å². The molecule has 2 amide bonds. The van der Waals surface area contributed by atoms with Crippen molar-refractivity contribution in [1.29, 1.82) is 0 Å². The average molecular weight is 1130 g/mol. The van der Waals surface area contributed by atoms with Crippen LogP contribution in [0.2, 0.25) is 5.02 Å². The summed E-state index contributed by atoms with van der Waals surface area (Å²) in [5.74, 6) is 1.27. The molecule has 420 valence electrons. The molecule has 2 aliphatic heterocycles. The van der Waals surface area contributed by atoms with Gasteiger partial charge in [0.25, 0.3) is 0 Å². The van der Waals surface area contributed by atoms with E-state index in [0.29, 0.717) is 112 Å². The number of nitrogens with zero attached hydrogens (tertiary/aromatic N) is 6. The lowest BCUT2D eigenvalue weighted by atomic mass is 9.94. The topological polar surface area (TPSA) is 190 Å². The summed E-state index contributed by atoms with van der Waals surface area (Å²) in [6, 6.07) is 19.0. The minimum atomic E-state index is -1.65. The molecule has 0 radical (unpaired) electrons. The van der Waals surface area contributed by atoms with Crippen molar-refractivity contribution in [3.8, 4) is 22.3 Å². The van der Waals surface area contributed by atoms with E-state index in [0.717, 1.165) is 83.0 Å². The van der Waals surface area contributed by atoms with Crippen LogP contribution in [-0.2, 0) is 32.1 Å². The van der Waals surface area contributed by atoms with E-state index in [9.17, 15) is 28.3 Å². The third-order valence-electron chi connectivity index (χ3n) is 14.0. The normalized spacial score (nSPS) is 14.2. The van der Waals surface area contributed by atoms with Crippen molar-refractivity contribution in [1.82, 2.24) is 24.3 Å². The molecular weight excluding hydrogens is 1050 g/mol. The standard InChI is InChI=1S/C62H77ClN8O6S2/c1-11-19-70(20-12-2)61(74)52-32-54-41(5)27-48(35-57(54)65-59(64)37-52)44-15-17-46(39-72)49(30-44)29-43(7)69(9)24-26-79(77)67-60-38-53(62(75)71(21-13-3)22-14-4)33-55-56(63)34-51(36-58(55)66-60)45-16-18-47(40-73)50(31-45)28-42(6)68(8)23-25-78(10)76/h15-18,27-36,39-40H,11-14,19-26,37-38H2,1-10H3,(H2,64,65)(H,66,67)/b42-28-,43-29-. The molecule has 2 aliphatic rings. The van der Waals surface area contributed by atoms with E-state index in [2.05, 4.69) is 24.6 Å². The van der Waals surface area contributed by atoms with Gasteiger partial charge >= 0.3 is 0 Å². The molecule has 0 aliphatic carbocycles. The number of hydrogen-bond acceptors (Lipinski definition) is 12. The van der Waals surface area contributed by atoms with E-state index in [4.69, 9.17) is 27.3 Å². The van der Waals surface area contributed by atoms with Gasteiger partial charge in [0.2, 0.25) is 11.8 Å². The monoisotopic (exact) mass is 1130 g/mol. The van der Waals surface area contributed by atoms with Gasteiger partial charge in [0, 0.05) is 97.9 Å². The molecule has 3 N–H and O–H groups in total. The van der Waals surface area contributed by atoms with Crippen LogP contribution in [0, 0.1) is 6.92 Å². The van der Waals surface area contributed by atoms with Crippen LogP contribution in [0.15, 0.2) is 93.2 Å². The van der Waals surface area contributed by atoms with Gasteiger partial charge in [0.05, 0.1) is 47.1 Å². The largest absolute Gasteiger partial charge is 0.617 e. The molecular formula is C62H77ClN8O6S2. The molecule has 4 aromatic carbocycles. The van der Waals surface area contributed by atoms with Crippen molar-refractivity contribution in [3.05, 3.63) is 127 Å². The number of amides is 2. The van der Waals surface area contributed by atoms with Crippen LogP contribution < -0.4 is 10.5 Å². The average Bonchev–Trinajstić information content (AvgIpc) is 3.79. The minimum absolute atomic E-state index is 0.0205. The van der Waals surface area contributed by atoms with Gasteiger partial charge in [-0.25, -0.2) is 9.98 Å². The maximum Gasteiger partial charge on any atom is 0.250 e. The summed E-state index contributed by atoms with van der Waals surface area (Å²) in [5, 5.41) is 0.378. The minimum Gasteiger partial charge on any atom is -0.617 e. The molecule has 0 fully saturated rings. The first kappa shape index (κ1) is 61.8. The van der Waals surface area contributed by atoms with Crippen molar-refractivity contribution in [2.45, 2.75) is 87.0 Å². The zero-order valence-corrected chi connectivity index (χ0v) is 49.9. The van der Waals surface area contributed by atoms with Gasteiger partial charge in [-0.15, -0.1) is 0 Å². The van der Waals surface area contributed by atoms with E-state index >= 15 is 0 Å². The number of rotatable bonds is 25. The molecule has 6 rings (SSSR count). The molecule has 0 bridgehead atoms. The van der Waals surface area contributed by atoms with Gasteiger partial charge in [0.1, 0.15) is 17.3 Å². The van der Waals surface area contributed by atoms with Gasteiger partial charge in [-0.3, -0.25) is 19.2 Å². The Balaban J connectivity index is 1.25. The van der Waals surface area contributed by atoms with Gasteiger partial charge in [-0.05, 0) is 140 Å². The maximum atomic E-state index is 14.3. The summed E-state index contributed by atoms with van der Waals surface area (Å²) in [4.78, 5) is 70.2. The second-order valence-corrected chi connectivity index (χ2v) is 23.6. The van der Waals surface area contributed by atoms with Crippen LogP contribution in [0.25, 0.3) is 46.6 Å². The van der Waals surface area contributed by atoms with Crippen LogP contribution in [0.3, 0.4) is 0 Å². The van der Waals surface area contributed by atoms with Crippen LogP contribution >= 0.6 is 11.6 Å². The highest BCUT2D eigenvalue weighted by Gasteiger charge is 2.27. The number of carbonyl (C=O) groups is 4. The third kappa shape index (κ3) is 16.3. The Labute approximate surface area is 479 Å². The molecule has 0 saturated carbocycles. The number of nitrogens with two attached hydrogens (primary N) is 1. The van der Waals surface area contributed by atoms with E-state index in [-0.39, 0.29) is 30.4 Å². The van der Waals surface area contributed by atoms with Gasteiger partial charge in [0.15, 0.2) is 18.4 Å². The van der Waals surface area contributed by atoms with Crippen molar-refractivity contribution in [2.24, 2.45) is 15.7 Å². The highest BCUT2D eigenvalue weighted by Crippen LogP contribution is 2.39. The molecule has 0 spiro atoms. The van der Waals surface area contributed by atoms with Gasteiger partial charge in [-0.1, -0.05) is 80.8 Å². The molecule has 79 heavy (non-hydrogen) atoms. The molecule has 0 saturated heterocycles. The van der Waals surface area contributed by atoms with Crippen LogP contribution in [-0.4, -0.2) is 136 Å². The van der Waals surface area contributed by atoms with E-state index in [1.807, 2.05) is 129 Å². The Hall–Kier alpha value is -6.43. The fraction of sp³-hybridized carbons (Fsp3) is 0.387. The van der Waals surface area contributed by atoms with Crippen LogP contribution in [0.5, 0.6) is 0 Å². The molecule has 2 heterocycles. The summed E-state index contributed by atoms with van der Waals surface area (Å²) in [6.45, 7) is 17.5. The van der Waals surface area contributed by atoms with E-state index < -0.39 is 22.5 Å². The number of aryl methyl sites for hydroxylation is 1. The fourth-order valence-corrected chi connectivity index (χ4v) is 11.3. The second kappa shape index (κ2) is 29.2. The molecule has 2 atom stereocenters. The number of amidine groups is 2.